The molecule has 0 amide bonds. The van der Waals surface area contributed by atoms with Crippen LogP contribution in [0, 0.1) is 0 Å². The summed E-state index contributed by atoms with van der Waals surface area (Å²) >= 11 is 0. The molecule has 0 atom stereocenters. The van der Waals surface area contributed by atoms with Gasteiger partial charge >= 0.3 is 0 Å². The summed E-state index contributed by atoms with van der Waals surface area (Å²) in [5.74, 6) is 1.69. The molecule has 0 saturated carbocycles. The fraction of sp³-hybridized carbons (Fsp3) is 0.0870. The minimum Gasteiger partial charge on any atom is -0.497 e. The van der Waals surface area contributed by atoms with Crippen molar-refractivity contribution in [3.63, 3.8) is 0 Å². The van der Waals surface area contributed by atoms with Gasteiger partial charge in [-0.3, -0.25) is 4.98 Å². The van der Waals surface area contributed by atoms with Crippen LogP contribution in [0.2, 0.25) is 0 Å². The Hall–Kier alpha value is -3.33. The number of pyridine rings is 1. The number of ether oxygens (including phenoxy) is 2. The molecular formula is C23H19NO2. The Bertz CT molecular complexity index is 1010. The standard InChI is InChI=1S/C23H19NO2/c1-25-22-12-9-19-14-23(24-15-20(19)13-22)18-7-10-21(11-8-18)26-16-17-5-3-2-4-6-17/h2-15H,16H2,1H3. The molecule has 4 aromatic rings. The first kappa shape index (κ1) is 16.2. The molecule has 3 heteroatoms. The maximum absolute atomic E-state index is 5.84. The van der Waals surface area contributed by atoms with Gasteiger partial charge in [0.25, 0.3) is 0 Å². The molecule has 0 radical (unpaired) electrons. The van der Waals surface area contributed by atoms with Gasteiger partial charge in [0.05, 0.1) is 12.8 Å². The first-order valence-electron chi connectivity index (χ1n) is 8.53. The maximum atomic E-state index is 5.84. The molecule has 0 saturated heterocycles. The lowest BCUT2D eigenvalue weighted by molar-refractivity contribution is 0.306. The van der Waals surface area contributed by atoms with Gasteiger partial charge in [0.2, 0.25) is 0 Å². The quantitative estimate of drug-likeness (QED) is 0.481. The molecule has 4 rings (SSSR count). The molecule has 26 heavy (non-hydrogen) atoms. The van der Waals surface area contributed by atoms with Crippen molar-refractivity contribution < 1.29 is 9.47 Å². The highest BCUT2D eigenvalue weighted by atomic mass is 16.5. The van der Waals surface area contributed by atoms with E-state index in [4.69, 9.17) is 9.47 Å². The van der Waals surface area contributed by atoms with Gasteiger partial charge in [-0.1, -0.05) is 36.4 Å². The third kappa shape index (κ3) is 3.52. The van der Waals surface area contributed by atoms with Gasteiger partial charge in [0.15, 0.2) is 0 Å². The number of methoxy groups -OCH3 is 1. The summed E-state index contributed by atoms with van der Waals surface area (Å²) in [6, 6.07) is 26.3. The van der Waals surface area contributed by atoms with Gasteiger partial charge < -0.3 is 9.47 Å². The Kier molecular flexibility index (Phi) is 4.52. The van der Waals surface area contributed by atoms with Gasteiger partial charge in [0.1, 0.15) is 18.1 Å². The molecule has 128 valence electrons. The zero-order valence-corrected chi connectivity index (χ0v) is 14.6. The number of benzene rings is 3. The van der Waals surface area contributed by atoms with Crippen molar-refractivity contribution in [1.82, 2.24) is 4.98 Å². The van der Waals surface area contributed by atoms with Crippen LogP contribution >= 0.6 is 0 Å². The number of hydrogen-bond acceptors (Lipinski definition) is 3. The summed E-state index contributed by atoms with van der Waals surface area (Å²) in [6.07, 6.45) is 1.88. The summed E-state index contributed by atoms with van der Waals surface area (Å²) < 4.78 is 11.1. The highest BCUT2D eigenvalue weighted by Gasteiger charge is 2.04. The Morgan fingerprint density at radius 3 is 2.31 bits per heavy atom. The van der Waals surface area contributed by atoms with E-state index in [0.717, 1.165) is 39.1 Å². The molecule has 3 aromatic carbocycles. The van der Waals surface area contributed by atoms with Crippen LogP contribution in [0.15, 0.2) is 85.1 Å². The second kappa shape index (κ2) is 7.28. The largest absolute Gasteiger partial charge is 0.497 e. The fourth-order valence-corrected chi connectivity index (χ4v) is 2.87. The van der Waals surface area contributed by atoms with E-state index < -0.39 is 0 Å². The molecule has 0 bridgehead atoms. The summed E-state index contributed by atoms with van der Waals surface area (Å²) in [7, 11) is 1.67. The first-order chi connectivity index (χ1) is 12.8. The van der Waals surface area contributed by atoms with Gasteiger partial charge in [-0.15, -0.1) is 0 Å². The predicted octanol–water partition coefficient (Wildman–Crippen LogP) is 5.49. The molecule has 0 aliphatic heterocycles. The molecule has 3 nitrogen and oxygen atoms in total. The molecule has 0 N–H and O–H groups in total. The number of hydrogen-bond donors (Lipinski definition) is 0. The topological polar surface area (TPSA) is 31.4 Å². The summed E-state index contributed by atoms with van der Waals surface area (Å²) in [6.45, 7) is 0.566. The van der Waals surface area contributed by atoms with Crippen molar-refractivity contribution in [3.8, 4) is 22.8 Å². The highest BCUT2D eigenvalue weighted by Crippen LogP contribution is 2.26. The van der Waals surface area contributed by atoms with Crippen molar-refractivity contribution in [1.29, 1.82) is 0 Å². The molecular weight excluding hydrogens is 322 g/mol. The zero-order chi connectivity index (χ0) is 17.8. The number of fused-ring (bicyclic) bond motifs is 1. The van der Waals surface area contributed by atoms with E-state index in [1.54, 1.807) is 7.11 Å². The monoisotopic (exact) mass is 341 g/mol. The van der Waals surface area contributed by atoms with E-state index in [9.17, 15) is 0 Å². The van der Waals surface area contributed by atoms with E-state index in [1.807, 2.05) is 60.8 Å². The van der Waals surface area contributed by atoms with Crippen molar-refractivity contribution in [2.24, 2.45) is 0 Å². The lowest BCUT2D eigenvalue weighted by atomic mass is 10.1. The average molecular weight is 341 g/mol. The summed E-state index contributed by atoms with van der Waals surface area (Å²) in [5.41, 5.74) is 3.16. The van der Waals surface area contributed by atoms with Crippen LogP contribution in [0.5, 0.6) is 11.5 Å². The van der Waals surface area contributed by atoms with Gasteiger partial charge in [0, 0.05) is 17.1 Å². The number of aromatic nitrogens is 1. The Morgan fingerprint density at radius 2 is 1.54 bits per heavy atom. The van der Waals surface area contributed by atoms with Crippen LogP contribution in [0.25, 0.3) is 22.0 Å². The van der Waals surface area contributed by atoms with Crippen molar-refractivity contribution in [3.05, 3.63) is 90.6 Å². The van der Waals surface area contributed by atoms with Crippen LogP contribution in [0.1, 0.15) is 5.56 Å². The average Bonchev–Trinajstić information content (AvgIpc) is 2.72. The van der Waals surface area contributed by atoms with E-state index in [-0.39, 0.29) is 0 Å². The number of nitrogens with zero attached hydrogens (tertiary/aromatic N) is 1. The third-order valence-corrected chi connectivity index (χ3v) is 4.33. The zero-order valence-electron chi connectivity index (χ0n) is 14.6. The van der Waals surface area contributed by atoms with Crippen LogP contribution in [-0.2, 0) is 6.61 Å². The number of rotatable bonds is 5. The SMILES string of the molecule is COc1ccc2cc(-c3ccc(OCc4ccccc4)cc3)ncc2c1. The lowest BCUT2D eigenvalue weighted by Gasteiger charge is -2.08. The summed E-state index contributed by atoms with van der Waals surface area (Å²) in [4.78, 5) is 4.58. The molecule has 1 aromatic heterocycles. The van der Waals surface area contributed by atoms with Gasteiger partial charge in [-0.05, 0) is 53.4 Å². The minimum atomic E-state index is 0.566. The van der Waals surface area contributed by atoms with Crippen molar-refractivity contribution in [2.45, 2.75) is 6.61 Å². The third-order valence-electron chi connectivity index (χ3n) is 4.33. The Morgan fingerprint density at radius 1 is 0.769 bits per heavy atom. The first-order valence-corrected chi connectivity index (χ1v) is 8.53. The minimum absolute atomic E-state index is 0.566. The molecule has 0 aliphatic rings. The predicted molar refractivity (Wildman–Crippen MR) is 105 cm³/mol. The van der Waals surface area contributed by atoms with Gasteiger partial charge in [-0.2, -0.15) is 0 Å². The van der Waals surface area contributed by atoms with Crippen molar-refractivity contribution >= 4 is 10.8 Å². The molecule has 0 spiro atoms. The molecule has 1 heterocycles. The summed E-state index contributed by atoms with van der Waals surface area (Å²) in [5, 5.41) is 2.20. The molecule has 0 aliphatic carbocycles. The Balaban J connectivity index is 1.52. The van der Waals surface area contributed by atoms with Crippen LogP contribution in [0.3, 0.4) is 0 Å². The maximum Gasteiger partial charge on any atom is 0.119 e. The molecule has 0 unspecified atom stereocenters. The lowest BCUT2D eigenvalue weighted by Crippen LogP contribution is -1.94. The normalized spacial score (nSPS) is 10.7. The van der Waals surface area contributed by atoms with Crippen molar-refractivity contribution in [2.75, 3.05) is 7.11 Å². The van der Waals surface area contributed by atoms with Gasteiger partial charge in [-0.25, -0.2) is 0 Å². The van der Waals surface area contributed by atoms with E-state index in [0.29, 0.717) is 6.61 Å². The van der Waals surface area contributed by atoms with E-state index in [2.05, 4.69) is 29.2 Å². The Labute approximate surface area is 152 Å². The van der Waals surface area contributed by atoms with Crippen LogP contribution < -0.4 is 9.47 Å². The van der Waals surface area contributed by atoms with E-state index in [1.165, 1.54) is 0 Å². The molecule has 0 fully saturated rings. The fourth-order valence-electron chi connectivity index (χ4n) is 2.87. The van der Waals surface area contributed by atoms with Crippen LogP contribution in [-0.4, -0.2) is 12.1 Å². The van der Waals surface area contributed by atoms with E-state index >= 15 is 0 Å². The van der Waals surface area contributed by atoms with Crippen LogP contribution in [0.4, 0.5) is 0 Å². The second-order valence-corrected chi connectivity index (χ2v) is 6.08. The highest BCUT2D eigenvalue weighted by molar-refractivity contribution is 5.86. The smallest absolute Gasteiger partial charge is 0.119 e. The second-order valence-electron chi connectivity index (χ2n) is 6.08.